The number of carbonyl (C=O) groups excluding carboxylic acids is 1. The Hall–Kier alpha value is -1.26. The number of nitrogens with one attached hydrogen (secondary N) is 1. The van der Waals surface area contributed by atoms with Gasteiger partial charge in [0.1, 0.15) is 5.60 Å². The number of alkyl carbamates (subject to hydrolysis) is 1. The summed E-state index contributed by atoms with van der Waals surface area (Å²) in [6.07, 6.45) is 1.02. The summed E-state index contributed by atoms with van der Waals surface area (Å²) in [5.41, 5.74) is 7.88. The summed E-state index contributed by atoms with van der Waals surface area (Å²) in [4.78, 5) is 11.7. The zero-order valence-electron chi connectivity index (χ0n) is 14.1. The van der Waals surface area contributed by atoms with Crippen molar-refractivity contribution < 1.29 is 9.53 Å². The van der Waals surface area contributed by atoms with Crippen molar-refractivity contribution in [2.75, 3.05) is 0 Å². The lowest BCUT2D eigenvalue weighted by Gasteiger charge is -2.23. The molecule has 0 aliphatic heterocycles. The molecule has 0 saturated carbocycles. The van der Waals surface area contributed by atoms with Crippen LogP contribution < -0.4 is 11.1 Å². The van der Waals surface area contributed by atoms with Gasteiger partial charge in [-0.15, -0.1) is 0 Å². The normalized spacial score (nSPS) is 14.3. The predicted molar refractivity (Wildman–Crippen MR) is 91.3 cm³/mol. The average molecular weight is 327 g/mol. The Labute approximate surface area is 138 Å². The minimum atomic E-state index is -0.493. The van der Waals surface area contributed by atoms with Gasteiger partial charge >= 0.3 is 6.09 Å². The summed E-state index contributed by atoms with van der Waals surface area (Å²) in [5, 5.41) is 3.57. The van der Waals surface area contributed by atoms with Crippen LogP contribution in [0.5, 0.6) is 0 Å². The summed E-state index contributed by atoms with van der Waals surface area (Å²) >= 11 is 6.02. The molecule has 1 rings (SSSR count). The molecule has 0 fully saturated rings. The Morgan fingerprint density at radius 1 is 1.41 bits per heavy atom. The van der Waals surface area contributed by atoms with E-state index in [9.17, 15) is 4.79 Å². The molecule has 0 saturated heterocycles. The summed E-state index contributed by atoms with van der Waals surface area (Å²) < 4.78 is 5.23. The first-order valence-corrected chi connectivity index (χ1v) is 7.95. The van der Waals surface area contributed by atoms with Crippen molar-refractivity contribution in [1.29, 1.82) is 0 Å². The second kappa shape index (κ2) is 7.84. The highest BCUT2D eigenvalue weighted by atomic mass is 35.5. The van der Waals surface area contributed by atoms with Crippen LogP contribution in [0, 0.1) is 6.92 Å². The minimum Gasteiger partial charge on any atom is -0.444 e. The van der Waals surface area contributed by atoms with E-state index < -0.39 is 11.7 Å². The monoisotopic (exact) mass is 326 g/mol. The molecule has 2 atom stereocenters. The van der Waals surface area contributed by atoms with Crippen molar-refractivity contribution in [3.05, 3.63) is 34.3 Å². The number of nitrogens with two attached hydrogens (primary N) is 1. The van der Waals surface area contributed by atoms with Gasteiger partial charge in [0.05, 0.1) is 0 Å². The third kappa shape index (κ3) is 7.14. The molecule has 0 aliphatic rings. The number of benzene rings is 1. The van der Waals surface area contributed by atoms with Crippen molar-refractivity contribution in [2.45, 2.75) is 65.1 Å². The van der Waals surface area contributed by atoms with Crippen molar-refractivity contribution in [3.8, 4) is 0 Å². The van der Waals surface area contributed by atoms with E-state index in [1.807, 2.05) is 52.8 Å². The maximum Gasteiger partial charge on any atom is 0.407 e. The highest BCUT2D eigenvalue weighted by Crippen LogP contribution is 2.17. The maximum atomic E-state index is 11.7. The number of hydrogen-bond donors (Lipinski definition) is 2. The Morgan fingerprint density at radius 3 is 2.59 bits per heavy atom. The fraction of sp³-hybridized carbons (Fsp3) is 0.588. The summed E-state index contributed by atoms with van der Waals surface area (Å²) in [7, 11) is 0. The lowest BCUT2D eigenvalue weighted by atomic mass is 10.00. The minimum absolute atomic E-state index is 0.0366. The first-order chi connectivity index (χ1) is 10.1. The number of rotatable bonds is 5. The van der Waals surface area contributed by atoms with Crippen LogP contribution in [0.1, 0.15) is 45.2 Å². The summed E-state index contributed by atoms with van der Waals surface area (Å²) in [5.74, 6) is 0. The van der Waals surface area contributed by atoms with Gasteiger partial charge in [-0.05, 0) is 64.7 Å². The van der Waals surface area contributed by atoms with Crippen LogP contribution in [0.3, 0.4) is 0 Å². The predicted octanol–water partition coefficient (Wildman–Crippen LogP) is 3.82. The van der Waals surface area contributed by atoms with Gasteiger partial charge in [-0.1, -0.05) is 23.7 Å². The van der Waals surface area contributed by atoms with Gasteiger partial charge in [-0.3, -0.25) is 0 Å². The highest BCUT2D eigenvalue weighted by molar-refractivity contribution is 6.31. The molecule has 4 nitrogen and oxygen atoms in total. The van der Waals surface area contributed by atoms with E-state index in [0.29, 0.717) is 6.42 Å². The Balaban J connectivity index is 2.45. The number of hydrogen-bond acceptors (Lipinski definition) is 3. The van der Waals surface area contributed by atoms with Gasteiger partial charge in [-0.25, -0.2) is 4.79 Å². The topological polar surface area (TPSA) is 64.3 Å². The molecular formula is C17H27ClN2O2. The first-order valence-electron chi connectivity index (χ1n) is 7.57. The lowest BCUT2D eigenvalue weighted by Crippen LogP contribution is -2.41. The molecule has 0 heterocycles. The van der Waals surface area contributed by atoms with Crippen molar-refractivity contribution in [3.63, 3.8) is 0 Å². The van der Waals surface area contributed by atoms with Gasteiger partial charge in [0.2, 0.25) is 0 Å². The van der Waals surface area contributed by atoms with Gasteiger partial charge < -0.3 is 15.8 Å². The summed E-state index contributed by atoms with van der Waals surface area (Å²) in [6.45, 7) is 9.42. The second-order valence-corrected chi connectivity index (χ2v) is 7.24. The van der Waals surface area contributed by atoms with E-state index in [1.165, 1.54) is 0 Å². The molecule has 1 aromatic rings. The van der Waals surface area contributed by atoms with Crippen LogP contribution in [0.2, 0.25) is 5.02 Å². The largest absolute Gasteiger partial charge is 0.444 e. The standard InChI is InChI=1S/C17H27ClN2O2/c1-11-8-13(6-7-15(11)18)10-14(19)9-12(2)20-16(21)22-17(3,4)5/h6-8,12,14H,9-10,19H2,1-5H3,(H,20,21)/t12-,14?/m0/s1. The van der Waals surface area contributed by atoms with Gasteiger partial charge in [-0.2, -0.15) is 0 Å². The molecule has 1 unspecified atom stereocenters. The fourth-order valence-corrected chi connectivity index (χ4v) is 2.36. The molecule has 1 aromatic carbocycles. The van der Waals surface area contributed by atoms with Crippen LogP contribution in [-0.2, 0) is 11.2 Å². The quantitative estimate of drug-likeness (QED) is 0.864. The molecule has 0 spiro atoms. The number of halogens is 1. The number of amides is 1. The average Bonchev–Trinajstić information content (AvgIpc) is 2.30. The van der Waals surface area contributed by atoms with Gasteiger partial charge in [0.15, 0.2) is 0 Å². The fourth-order valence-electron chi connectivity index (χ4n) is 2.24. The van der Waals surface area contributed by atoms with Crippen molar-refractivity contribution in [1.82, 2.24) is 5.32 Å². The molecular weight excluding hydrogens is 300 g/mol. The number of aryl methyl sites for hydroxylation is 1. The van der Waals surface area contributed by atoms with Crippen LogP contribution in [0.4, 0.5) is 4.79 Å². The smallest absolute Gasteiger partial charge is 0.407 e. The van der Waals surface area contributed by atoms with E-state index >= 15 is 0 Å². The van der Waals surface area contributed by atoms with Crippen LogP contribution in [0.25, 0.3) is 0 Å². The van der Waals surface area contributed by atoms with E-state index in [0.717, 1.165) is 22.6 Å². The second-order valence-electron chi connectivity index (χ2n) is 6.83. The zero-order chi connectivity index (χ0) is 16.9. The number of carbonyl (C=O) groups is 1. The van der Waals surface area contributed by atoms with Gasteiger partial charge in [0.25, 0.3) is 0 Å². The lowest BCUT2D eigenvalue weighted by molar-refractivity contribution is 0.0505. The molecule has 22 heavy (non-hydrogen) atoms. The third-order valence-corrected chi connectivity index (χ3v) is 3.56. The van der Waals surface area contributed by atoms with Crippen LogP contribution >= 0.6 is 11.6 Å². The van der Waals surface area contributed by atoms with Crippen LogP contribution in [0.15, 0.2) is 18.2 Å². The third-order valence-electron chi connectivity index (χ3n) is 3.14. The first kappa shape index (κ1) is 18.8. The zero-order valence-corrected chi connectivity index (χ0v) is 14.8. The molecule has 124 valence electrons. The Kier molecular flexibility index (Phi) is 6.69. The number of ether oxygens (including phenoxy) is 1. The Morgan fingerprint density at radius 2 is 2.05 bits per heavy atom. The molecule has 0 aromatic heterocycles. The molecule has 5 heteroatoms. The van der Waals surface area contributed by atoms with E-state index in [2.05, 4.69) is 5.32 Å². The van der Waals surface area contributed by atoms with Crippen molar-refractivity contribution >= 4 is 17.7 Å². The SMILES string of the molecule is Cc1cc(CC(N)C[C@H](C)NC(=O)OC(C)(C)C)ccc1Cl. The molecule has 0 radical (unpaired) electrons. The Bertz CT molecular complexity index is 512. The van der Waals surface area contributed by atoms with Crippen molar-refractivity contribution in [2.24, 2.45) is 5.73 Å². The van der Waals surface area contributed by atoms with E-state index in [4.69, 9.17) is 22.1 Å². The van der Waals surface area contributed by atoms with E-state index in [-0.39, 0.29) is 12.1 Å². The highest BCUT2D eigenvalue weighted by Gasteiger charge is 2.18. The molecule has 1 amide bonds. The van der Waals surface area contributed by atoms with Gasteiger partial charge in [0, 0.05) is 17.1 Å². The van der Waals surface area contributed by atoms with Crippen LogP contribution in [-0.4, -0.2) is 23.8 Å². The molecule has 0 aliphatic carbocycles. The molecule has 0 bridgehead atoms. The summed E-state index contributed by atoms with van der Waals surface area (Å²) in [6, 6.07) is 5.85. The molecule has 3 N–H and O–H groups in total. The maximum absolute atomic E-state index is 11.7. The van der Waals surface area contributed by atoms with E-state index in [1.54, 1.807) is 0 Å².